The Bertz CT molecular complexity index is 1160. The number of rotatable bonds is 8. The van der Waals surface area contributed by atoms with Crippen molar-refractivity contribution in [2.45, 2.75) is 19.5 Å². The number of amides is 1. The van der Waals surface area contributed by atoms with Crippen LogP contribution in [0.15, 0.2) is 66.7 Å². The Kier molecular flexibility index (Phi) is 5.95. The third-order valence-electron chi connectivity index (χ3n) is 5.05. The van der Waals surface area contributed by atoms with Crippen LogP contribution in [0.2, 0.25) is 0 Å². The summed E-state index contributed by atoms with van der Waals surface area (Å²) in [6.07, 6.45) is 0. The van der Waals surface area contributed by atoms with E-state index in [0.29, 0.717) is 13.2 Å². The summed E-state index contributed by atoms with van der Waals surface area (Å²) >= 11 is 0. The van der Waals surface area contributed by atoms with Gasteiger partial charge in [0.1, 0.15) is 24.8 Å². The SMILES string of the molecule is COCC(=O)NC(C)c1nc2ccccc2n1CCOc1cccc2ccccc12. The zero-order valence-corrected chi connectivity index (χ0v) is 17.2. The minimum atomic E-state index is -0.252. The largest absolute Gasteiger partial charge is 0.491 e. The molecule has 1 unspecified atom stereocenters. The van der Waals surface area contributed by atoms with E-state index in [2.05, 4.69) is 28.1 Å². The number of imidazole rings is 1. The number of fused-ring (bicyclic) bond motifs is 2. The van der Waals surface area contributed by atoms with E-state index in [4.69, 9.17) is 14.5 Å². The molecule has 30 heavy (non-hydrogen) atoms. The monoisotopic (exact) mass is 403 g/mol. The molecule has 3 aromatic carbocycles. The van der Waals surface area contributed by atoms with Gasteiger partial charge in [-0.2, -0.15) is 0 Å². The molecule has 6 heteroatoms. The summed E-state index contributed by atoms with van der Waals surface area (Å²) in [5.74, 6) is 1.48. The smallest absolute Gasteiger partial charge is 0.246 e. The molecule has 0 saturated carbocycles. The molecule has 6 nitrogen and oxygen atoms in total. The molecule has 1 atom stereocenters. The Labute approximate surface area is 175 Å². The molecule has 0 bridgehead atoms. The van der Waals surface area contributed by atoms with Crippen molar-refractivity contribution in [3.8, 4) is 5.75 Å². The van der Waals surface area contributed by atoms with Gasteiger partial charge in [0, 0.05) is 12.5 Å². The van der Waals surface area contributed by atoms with E-state index in [1.54, 1.807) is 0 Å². The van der Waals surface area contributed by atoms with Crippen LogP contribution < -0.4 is 10.1 Å². The van der Waals surface area contributed by atoms with Gasteiger partial charge in [0.15, 0.2) is 0 Å². The van der Waals surface area contributed by atoms with Crippen molar-refractivity contribution in [2.75, 3.05) is 20.3 Å². The van der Waals surface area contributed by atoms with Crippen molar-refractivity contribution in [1.29, 1.82) is 0 Å². The van der Waals surface area contributed by atoms with Crippen molar-refractivity contribution in [2.24, 2.45) is 0 Å². The van der Waals surface area contributed by atoms with Crippen LogP contribution in [0.1, 0.15) is 18.8 Å². The second kappa shape index (κ2) is 8.97. The van der Waals surface area contributed by atoms with Crippen molar-refractivity contribution >= 4 is 27.7 Å². The van der Waals surface area contributed by atoms with Crippen LogP contribution in [0.25, 0.3) is 21.8 Å². The molecular formula is C24H25N3O3. The van der Waals surface area contributed by atoms with Gasteiger partial charge < -0.3 is 19.4 Å². The third kappa shape index (κ3) is 4.14. The highest BCUT2D eigenvalue weighted by atomic mass is 16.5. The van der Waals surface area contributed by atoms with Gasteiger partial charge in [-0.25, -0.2) is 4.98 Å². The summed E-state index contributed by atoms with van der Waals surface area (Å²) in [4.78, 5) is 16.7. The Hall–Kier alpha value is -3.38. The number of hydrogen-bond acceptors (Lipinski definition) is 4. The summed E-state index contributed by atoms with van der Waals surface area (Å²) in [7, 11) is 1.50. The molecular weight excluding hydrogens is 378 g/mol. The van der Waals surface area contributed by atoms with Crippen LogP contribution in [0, 0.1) is 0 Å². The quantitative estimate of drug-likeness (QED) is 0.481. The van der Waals surface area contributed by atoms with Gasteiger partial charge >= 0.3 is 0 Å². The van der Waals surface area contributed by atoms with Crippen LogP contribution in [0.5, 0.6) is 5.75 Å². The zero-order chi connectivity index (χ0) is 20.9. The lowest BCUT2D eigenvalue weighted by atomic mass is 10.1. The highest BCUT2D eigenvalue weighted by molar-refractivity contribution is 5.88. The fraction of sp³-hybridized carbons (Fsp3) is 0.250. The van der Waals surface area contributed by atoms with E-state index in [1.165, 1.54) is 7.11 Å². The first kappa shape index (κ1) is 19.9. The standard InChI is InChI=1S/C24H25N3O3/c1-17(25-23(28)16-29-2)24-26-20-11-5-6-12-21(20)27(24)14-15-30-22-13-7-9-18-8-3-4-10-19(18)22/h3-13,17H,14-16H2,1-2H3,(H,25,28). The van der Waals surface area contributed by atoms with Crippen LogP contribution in [0.4, 0.5) is 0 Å². The molecule has 0 aliphatic rings. The second-order valence-corrected chi connectivity index (χ2v) is 7.16. The van der Waals surface area contributed by atoms with Crippen LogP contribution in [-0.4, -0.2) is 35.8 Å². The van der Waals surface area contributed by atoms with Gasteiger partial charge in [0.25, 0.3) is 0 Å². The van der Waals surface area contributed by atoms with Gasteiger partial charge in [-0.3, -0.25) is 4.79 Å². The highest BCUT2D eigenvalue weighted by Gasteiger charge is 2.18. The summed E-state index contributed by atoms with van der Waals surface area (Å²) in [6.45, 7) is 3.05. The van der Waals surface area contributed by atoms with Crippen molar-refractivity contribution in [1.82, 2.24) is 14.9 Å². The van der Waals surface area contributed by atoms with E-state index in [9.17, 15) is 4.79 Å². The van der Waals surface area contributed by atoms with Gasteiger partial charge in [-0.05, 0) is 30.5 Å². The number of carbonyl (C=O) groups is 1. The molecule has 1 amide bonds. The Morgan fingerprint density at radius 3 is 2.70 bits per heavy atom. The highest BCUT2D eigenvalue weighted by Crippen LogP contribution is 2.26. The van der Waals surface area contributed by atoms with E-state index in [0.717, 1.165) is 33.4 Å². The molecule has 0 aliphatic heterocycles. The van der Waals surface area contributed by atoms with E-state index in [1.807, 2.05) is 55.5 Å². The van der Waals surface area contributed by atoms with Crippen LogP contribution >= 0.6 is 0 Å². The Morgan fingerprint density at radius 1 is 1.07 bits per heavy atom. The molecule has 0 saturated heterocycles. The topological polar surface area (TPSA) is 65.4 Å². The molecule has 1 N–H and O–H groups in total. The third-order valence-corrected chi connectivity index (χ3v) is 5.05. The van der Waals surface area contributed by atoms with Gasteiger partial charge in [0.2, 0.25) is 5.91 Å². The number of benzene rings is 3. The summed E-state index contributed by atoms with van der Waals surface area (Å²) in [5, 5.41) is 5.19. The number of methoxy groups -OCH3 is 1. The second-order valence-electron chi connectivity index (χ2n) is 7.16. The molecule has 0 fully saturated rings. The number of nitrogens with one attached hydrogen (secondary N) is 1. The molecule has 1 aromatic heterocycles. The van der Waals surface area contributed by atoms with Crippen LogP contribution in [0.3, 0.4) is 0 Å². The number of carbonyl (C=O) groups excluding carboxylic acids is 1. The van der Waals surface area contributed by atoms with Gasteiger partial charge in [0.05, 0.1) is 23.6 Å². The molecule has 0 radical (unpaired) electrons. The van der Waals surface area contributed by atoms with Gasteiger partial charge in [-0.1, -0.05) is 48.5 Å². The lowest BCUT2D eigenvalue weighted by molar-refractivity contribution is -0.125. The lowest BCUT2D eigenvalue weighted by Crippen LogP contribution is -2.31. The normalized spacial score (nSPS) is 12.2. The fourth-order valence-electron chi connectivity index (χ4n) is 3.71. The zero-order valence-electron chi connectivity index (χ0n) is 17.2. The Balaban J connectivity index is 1.56. The Morgan fingerprint density at radius 2 is 1.83 bits per heavy atom. The number of nitrogens with zero attached hydrogens (tertiary/aromatic N) is 2. The predicted octanol–water partition coefficient (Wildman–Crippen LogP) is 4.09. The summed E-state index contributed by atoms with van der Waals surface area (Å²) in [6, 6.07) is 22.0. The molecule has 0 aliphatic carbocycles. The van der Waals surface area contributed by atoms with Crippen molar-refractivity contribution in [3.63, 3.8) is 0 Å². The first-order chi connectivity index (χ1) is 14.7. The summed E-state index contributed by atoms with van der Waals surface area (Å²) < 4.78 is 13.2. The molecule has 154 valence electrons. The molecule has 4 aromatic rings. The van der Waals surface area contributed by atoms with E-state index < -0.39 is 0 Å². The van der Waals surface area contributed by atoms with Gasteiger partial charge in [-0.15, -0.1) is 0 Å². The summed E-state index contributed by atoms with van der Waals surface area (Å²) in [5.41, 5.74) is 1.91. The fourth-order valence-corrected chi connectivity index (χ4v) is 3.71. The lowest BCUT2D eigenvalue weighted by Gasteiger charge is -2.17. The molecule has 1 heterocycles. The van der Waals surface area contributed by atoms with E-state index >= 15 is 0 Å². The minimum Gasteiger partial charge on any atom is -0.491 e. The maximum Gasteiger partial charge on any atom is 0.246 e. The number of ether oxygens (including phenoxy) is 2. The molecule has 0 spiro atoms. The average Bonchev–Trinajstić information content (AvgIpc) is 3.13. The van der Waals surface area contributed by atoms with Crippen LogP contribution in [-0.2, 0) is 16.1 Å². The molecule has 4 rings (SSSR count). The number of hydrogen-bond donors (Lipinski definition) is 1. The predicted molar refractivity (Wildman–Crippen MR) is 118 cm³/mol. The first-order valence-electron chi connectivity index (χ1n) is 10.0. The van der Waals surface area contributed by atoms with Crippen molar-refractivity contribution in [3.05, 3.63) is 72.6 Å². The maximum atomic E-state index is 12.0. The number of para-hydroxylation sites is 2. The first-order valence-corrected chi connectivity index (χ1v) is 10.0. The van der Waals surface area contributed by atoms with Crippen molar-refractivity contribution < 1.29 is 14.3 Å². The number of aromatic nitrogens is 2. The minimum absolute atomic E-state index is 0.0226. The average molecular weight is 403 g/mol. The van der Waals surface area contributed by atoms with E-state index in [-0.39, 0.29) is 18.6 Å². The maximum absolute atomic E-state index is 12.0.